The van der Waals surface area contributed by atoms with E-state index in [0.29, 0.717) is 28.8 Å². The van der Waals surface area contributed by atoms with Crippen LogP contribution in [-0.4, -0.2) is 44.0 Å². The summed E-state index contributed by atoms with van der Waals surface area (Å²) in [4.78, 5) is 31.2. The lowest BCUT2D eigenvalue weighted by molar-refractivity contribution is 0.0601. The van der Waals surface area contributed by atoms with Crippen LogP contribution in [0.5, 0.6) is 0 Å². The topological polar surface area (TPSA) is 131 Å². The molecule has 1 aromatic carbocycles. The van der Waals surface area contributed by atoms with Crippen molar-refractivity contribution in [1.82, 2.24) is 19.7 Å². The molecule has 10 nitrogen and oxygen atoms in total. The number of carbonyl (C=O) groups is 2. The second kappa shape index (κ2) is 7.92. The highest BCUT2D eigenvalue weighted by molar-refractivity contribution is 6.33. The molecule has 0 aliphatic rings. The molecule has 0 amide bonds. The average Bonchev–Trinajstić information content (AvgIpc) is 3.03. The SMILES string of the molecule is COC(=O)c1cc(Nc2cncc(Nc3cc(C)n(C(=O)O)n3)n2)ccc1Cl. The number of hydrogen-bond donors (Lipinski definition) is 3. The van der Waals surface area contributed by atoms with Gasteiger partial charge in [-0.3, -0.25) is 4.98 Å². The minimum absolute atomic E-state index is 0.214. The molecule has 0 fully saturated rings. The zero-order valence-electron chi connectivity index (χ0n) is 14.8. The molecule has 0 saturated carbocycles. The highest BCUT2D eigenvalue weighted by Gasteiger charge is 2.13. The lowest BCUT2D eigenvalue weighted by Gasteiger charge is -2.09. The Hall–Kier alpha value is -3.66. The van der Waals surface area contributed by atoms with Gasteiger partial charge in [0.1, 0.15) is 0 Å². The number of halogens is 1. The standard InChI is InChI=1S/C17H15ClN6O4/c1-9-5-13(23-24(9)17(26)27)21-15-8-19-7-14(22-15)20-10-3-4-12(18)11(6-10)16(25)28-2/h3-8H,1-2H3,(H,26,27)(H2,20,21,22,23). The molecule has 0 bridgehead atoms. The van der Waals surface area contributed by atoms with E-state index in [1.807, 2.05) is 0 Å². The minimum atomic E-state index is -1.18. The largest absolute Gasteiger partial charge is 0.465 e. The van der Waals surface area contributed by atoms with Crippen molar-refractivity contribution in [2.24, 2.45) is 0 Å². The predicted molar refractivity (Wildman–Crippen MR) is 102 cm³/mol. The van der Waals surface area contributed by atoms with Gasteiger partial charge in [-0.2, -0.15) is 4.68 Å². The van der Waals surface area contributed by atoms with Crippen LogP contribution in [0.1, 0.15) is 16.1 Å². The lowest BCUT2D eigenvalue weighted by Crippen LogP contribution is -2.11. The molecule has 0 aliphatic heterocycles. The molecule has 0 aliphatic carbocycles. The maximum Gasteiger partial charge on any atom is 0.432 e. The van der Waals surface area contributed by atoms with Gasteiger partial charge < -0.3 is 20.5 Å². The molecule has 3 aromatic rings. The summed E-state index contributed by atoms with van der Waals surface area (Å²) >= 11 is 6.01. The van der Waals surface area contributed by atoms with Crippen LogP contribution in [0.3, 0.4) is 0 Å². The zero-order chi connectivity index (χ0) is 20.3. The highest BCUT2D eigenvalue weighted by atomic mass is 35.5. The Labute approximate surface area is 164 Å². The van der Waals surface area contributed by atoms with E-state index in [1.54, 1.807) is 25.1 Å². The first kappa shape index (κ1) is 19.1. The second-order valence-electron chi connectivity index (χ2n) is 5.59. The fraction of sp³-hybridized carbons (Fsp3) is 0.118. The number of nitrogens with zero attached hydrogens (tertiary/aromatic N) is 4. The van der Waals surface area contributed by atoms with Crippen LogP contribution in [0, 0.1) is 6.92 Å². The number of aryl methyl sites for hydroxylation is 1. The molecular formula is C17H15ClN6O4. The summed E-state index contributed by atoms with van der Waals surface area (Å²) in [6.07, 6.45) is 1.76. The van der Waals surface area contributed by atoms with Gasteiger partial charge in [-0.05, 0) is 25.1 Å². The number of carbonyl (C=O) groups excluding carboxylic acids is 1. The Kier molecular flexibility index (Phi) is 5.41. The van der Waals surface area contributed by atoms with Gasteiger partial charge in [0.05, 0.1) is 30.1 Å². The lowest BCUT2D eigenvalue weighted by atomic mass is 10.2. The summed E-state index contributed by atoms with van der Waals surface area (Å²) < 4.78 is 5.54. The number of benzene rings is 1. The van der Waals surface area contributed by atoms with E-state index in [9.17, 15) is 9.59 Å². The Morgan fingerprint density at radius 3 is 2.50 bits per heavy atom. The van der Waals surface area contributed by atoms with Crippen molar-refractivity contribution >= 4 is 46.8 Å². The van der Waals surface area contributed by atoms with Crippen molar-refractivity contribution in [2.75, 3.05) is 17.7 Å². The maximum absolute atomic E-state index is 11.8. The van der Waals surface area contributed by atoms with Crippen LogP contribution in [-0.2, 0) is 4.74 Å². The van der Waals surface area contributed by atoms with Crippen molar-refractivity contribution in [3.05, 3.63) is 52.9 Å². The first-order valence-corrected chi connectivity index (χ1v) is 8.29. The molecule has 0 radical (unpaired) electrons. The third-order valence-corrected chi connectivity index (χ3v) is 3.93. The molecule has 2 aromatic heterocycles. The summed E-state index contributed by atoms with van der Waals surface area (Å²) in [5.41, 5.74) is 1.22. The molecular weight excluding hydrogens is 388 g/mol. The van der Waals surface area contributed by atoms with Crippen LogP contribution < -0.4 is 10.6 Å². The normalized spacial score (nSPS) is 10.4. The number of methoxy groups -OCH3 is 1. The smallest absolute Gasteiger partial charge is 0.432 e. The van der Waals surface area contributed by atoms with Gasteiger partial charge in [-0.25, -0.2) is 14.6 Å². The van der Waals surface area contributed by atoms with Crippen LogP contribution in [0.25, 0.3) is 0 Å². The summed E-state index contributed by atoms with van der Waals surface area (Å²) in [7, 11) is 1.27. The Morgan fingerprint density at radius 1 is 1.14 bits per heavy atom. The van der Waals surface area contributed by atoms with E-state index in [-0.39, 0.29) is 10.6 Å². The van der Waals surface area contributed by atoms with E-state index >= 15 is 0 Å². The van der Waals surface area contributed by atoms with E-state index in [1.165, 1.54) is 25.6 Å². The molecule has 3 rings (SSSR count). The van der Waals surface area contributed by atoms with Gasteiger partial charge in [0.2, 0.25) is 0 Å². The third kappa shape index (κ3) is 4.18. The van der Waals surface area contributed by atoms with Crippen LogP contribution in [0.2, 0.25) is 5.02 Å². The Balaban J connectivity index is 1.79. The number of nitrogens with one attached hydrogen (secondary N) is 2. The first-order chi connectivity index (χ1) is 13.4. The Morgan fingerprint density at radius 2 is 1.86 bits per heavy atom. The summed E-state index contributed by atoms with van der Waals surface area (Å²) in [5, 5.41) is 19.1. The number of esters is 1. The number of hydrogen-bond acceptors (Lipinski definition) is 8. The van der Waals surface area contributed by atoms with Crippen LogP contribution >= 0.6 is 11.6 Å². The molecule has 2 heterocycles. The monoisotopic (exact) mass is 402 g/mol. The number of ether oxygens (including phenoxy) is 1. The molecule has 28 heavy (non-hydrogen) atoms. The third-order valence-electron chi connectivity index (χ3n) is 3.60. The van der Waals surface area contributed by atoms with Crippen LogP contribution in [0.15, 0.2) is 36.7 Å². The van der Waals surface area contributed by atoms with Crippen molar-refractivity contribution in [2.45, 2.75) is 6.92 Å². The molecule has 11 heteroatoms. The van der Waals surface area contributed by atoms with Crippen molar-refractivity contribution in [3.8, 4) is 0 Å². The van der Waals surface area contributed by atoms with E-state index in [4.69, 9.17) is 21.4 Å². The summed E-state index contributed by atoms with van der Waals surface area (Å²) in [6, 6.07) is 6.34. The maximum atomic E-state index is 11.8. The number of carboxylic acid groups (broad SMARTS) is 1. The first-order valence-electron chi connectivity index (χ1n) is 7.91. The fourth-order valence-corrected chi connectivity index (χ4v) is 2.56. The number of rotatable bonds is 5. The van der Waals surface area contributed by atoms with Crippen molar-refractivity contribution in [3.63, 3.8) is 0 Å². The Bertz CT molecular complexity index is 1050. The van der Waals surface area contributed by atoms with Gasteiger partial charge in [-0.15, -0.1) is 5.10 Å². The van der Waals surface area contributed by atoms with E-state index < -0.39 is 12.1 Å². The molecule has 144 valence electrons. The van der Waals surface area contributed by atoms with Gasteiger partial charge in [0.25, 0.3) is 0 Å². The van der Waals surface area contributed by atoms with Gasteiger partial charge >= 0.3 is 12.1 Å². The quantitative estimate of drug-likeness (QED) is 0.549. The zero-order valence-corrected chi connectivity index (χ0v) is 15.6. The van der Waals surface area contributed by atoms with Gasteiger partial charge in [-0.1, -0.05) is 11.6 Å². The molecule has 0 spiro atoms. The molecule has 0 saturated heterocycles. The van der Waals surface area contributed by atoms with Crippen molar-refractivity contribution < 1.29 is 19.4 Å². The molecule has 0 atom stereocenters. The molecule has 0 unspecified atom stereocenters. The number of aromatic nitrogens is 4. The predicted octanol–water partition coefficient (Wildman–Crippen LogP) is 3.43. The van der Waals surface area contributed by atoms with Gasteiger partial charge in [0.15, 0.2) is 17.5 Å². The minimum Gasteiger partial charge on any atom is -0.465 e. The average molecular weight is 403 g/mol. The highest BCUT2D eigenvalue weighted by Crippen LogP contribution is 2.24. The van der Waals surface area contributed by atoms with Gasteiger partial charge in [0, 0.05) is 17.4 Å². The van der Waals surface area contributed by atoms with Crippen molar-refractivity contribution in [1.29, 1.82) is 0 Å². The second-order valence-corrected chi connectivity index (χ2v) is 6.00. The van der Waals surface area contributed by atoms with Crippen LogP contribution in [0.4, 0.5) is 27.9 Å². The van der Waals surface area contributed by atoms with E-state index in [0.717, 1.165) is 4.68 Å². The number of anilines is 4. The summed E-state index contributed by atoms with van der Waals surface area (Å²) in [5.74, 6) is 0.491. The molecule has 3 N–H and O–H groups in total. The fourth-order valence-electron chi connectivity index (χ4n) is 2.36. The van der Waals surface area contributed by atoms with E-state index in [2.05, 4.69) is 25.7 Å². The summed E-state index contributed by atoms with van der Waals surface area (Å²) in [6.45, 7) is 1.62.